The molecule has 2 aromatic rings. The highest BCUT2D eigenvalue weighted by atomic mass is 32.1. The van der Waals surface area contributed by atoms with E-state index >= 15 is 0 Å². The van der Waals surface area contributed by atoms with Crippen LogP contribution in [0.2, 0.25) is 0 Å². The van der Waals surface area contributed by atoms with E-state index in [1.165, 1.54) is 12.1 Å². The third-order valence-corrected chi connectivity index (χ3v) is 6.59. The van der Waals surface area contributed by atoms with Gasteiger partial charge in [0.2, 0.25) is 11.8 Å². The van der Waals surface area contributed by atoms with Gasteiger partial charge in [0.1, 0.15) is 17.4 Å². The minimum atomic E-state index is -0.418. The summed E-state index contributed by atoms with van der Waals surface area (Å²) in [6.45, 7) is 3.90. The van der Waals surface area contributed by atoms with Crippen molar-refractivity contribution in [3.63, 3.8) is 0 Å². The molecular weight excluding hydrogens is 407 g/mol. The molecule has 1 aromatic heterocycles. The van der Waals surface area contributed by atoms with Crippen LogP contribution >= 0.6 is 11.3 Å². The molecule has 0 saturated carbocycles. The number of amides is 2. The molecule has 30 heavy (non-hydrogen) atoms. The van der Waals surface area contributed by atoms with Crippen LogP contribution in [-0.2, 0) is 27.3 Å². The minimum absolute atomic E-state index is 0.0221. The standard InChI is InChI=1S/C21H25FN4O3S/c1-13-9-26(20(28)12-29-13)10-16(23)8-19(27)25-7-6-18-17(11-25)24-21(30-18)14-2-4-15(22)5-3-14/h2-5,13,16H,6-12,23H2,1H3/t13-,16-/m0/s1. The molecule has 1 aromatic carbocycles. The highest BCUT2D eigenvalue weighted by molar-refractivity contribution is 7.15. The molecule has 2 amide bonds. The number of hydrogen-bond donors (Lipinski definition) is 1. The average molecular weight is 433 g/mol. The topological polar surface area (TPSA) is 88.8 Å². The van der Waals surface area contributed by atoms with Gasteiger partial charge in [-0.2, -0.15) is 0 Å². The van der Waals surface area contributed by atoms with Gasteiger partial charge in [-0.15, -0.1) is 11.3 Å². The van der Waals surface area contributed by atoms with E-state index in [1.807, 2.05) is 6.92 Å². The smallest absolute Gasteiger partial charge is 0.248 e. The van der Waals surface area contributed by atoms with Gasteiger partial charge in [0.05, 0.1) is 18.3 Å². The van der Waals surface area contributed by atoms with Gasteiger partial charge in [-0.3, -0.25) is 9.59 Å². The third kappa shape index (κ3) is 4.69. The lowest BCUT2D eigenvalue weighted by molar-refractivity contribution is -0.148. The van der Waals surface area contributed by atoms with E-state index in [-0.39, 0.29) is 36.8 Å². The van der Waals surface area contributed by atoms with Crippen LogP contribution in [-0.4, -0.2) is 65.0 Å². The van der Waals surface area contributed by atoms with Gasteiger partial charge < -0.3 is 20.3 Å². The molecule has 9 heteroatoms. The molecule has 1 saturated heterocycles. The van der Waals surface area contributed by atoms with Gasteiger partial charge >= 0.3 is 0 Å². The van der Waals surface area contributed by atoms with Crippen molar-refractivity contribution in [2.45, 2.75) is 38.5 Å². The first kappa shape index (κ1) is 20.9. The van der Waals surface area contributed by atoms with Gasteiger partial charge in [-0.1, -0.05) is 0 Å². The van der Waals surface area contributed by atoms with Crippen LogP contribution in [0.15, 0.2) is 24.3 Å². The number of rotatable bonds is 5. The molecule has 0 spiro atoms. The fourth-order valence-corrected chi connectivity index (χ4v) is 4.84. The first-order valence-corrected chi connectivity index (χ1v) is 10.9. The maximum atomic E-state index is 13.2. The number of carbonyl (C=O) groups excluding carboxylic acids is 2. The molecule has 2 aliphatic rings. The normalized spacial score (nSPS) is 20.2. The zero-order valence-corrected chi connectivity index (χ0v) is 17.7. The van der Waals surface area contributed by atoms with Crippen LogP contribution in [0, 0.1) is 5.82 Å². The summed E-state index contributed by atoms with van der Waals surface area (Å²) in [5, 5.41) is 0.839. The average Bonchev–Trinajstić information content (AvgIpc) is 3.14. The number of hydrogen-bond acceptors (Lipinski definition) is 6. The number of halogens is 1. The quantitative estimate of drug-likeness (QED) is 0.778. The first-order valence-electron chi connectivity index (χ1n) is 10.1. The summed E-state index contributed by atoms with van der Waals surface area (Å²) in [7, 11) is 0. The molecule has 0 aliphatic carbocycles. The third-order valence-electron chi connectivity index (χ3n) is 5.38. The van der Waals surface area contributed by atoms with E-state index in [2.05, 4.69) is 4.98 Å². The summed E-state index contributed by atoms with van der Waals surface area (Å²) >= 11 is 1.59. The number of nitrogens with zero attached hydrogens (tertiary/aromatic N) is 3. The highest BCUT2D eigenvalue weighted by Crippen LogP contribution is 2.31. The number of thiazole rings is 1. The molecular formula is C21H25FN4O3S. The maximum Gasteiger partial charge on any atom is 0.248 e. The number of benzene rings is 1. The number of fused-ring (bicyclic) bond motifs is 1. The van der Waals surface area contributed by atoms with Gasteiger partial charge in [-0.25, -0.2) is 9.37 Å². The van der Waals surface area contributed by atoms with Crippen molar-refractivity contribution in [1.82, 2.24) is 14.8 Å². The molecule has 2 N–H and O–H groups in total. The number of ether oxygens (including phenoxy) is 1. The Morgan fingerprint density at radius 3 is 2.93 bits per heavy atom. The van der Waals surface area contributed by atoms with Crippen LogP contribution in [0.5, 0.6) is 0 Å². The van der Waals surface area contributed by atoms with Crippen LogP contribution in [0.25, 0.3) is 10.6 Å². The molecule has 2 aliphatic heterocycles. The van der Waals surface area contributed by atoms with Gasteiger partial charge in [0.15, 0.2) is 0 Å². The maximum absolute atomic E-state index is 13.2. The van der Waals surface area contributed by atoms with E-state index in [1.54, 1.807) is 33.3 Å². The minimum Gasteiger partial charge on any atom is -0.367 e. The van der Waals surface area contributed by atoms with E-state index in [9.17, 15) is 14.0 Å². The lowest BCUT2D eigenvalue weighted by Crippen LogP contribution is -2.51. The van der Waals surface area contributed by atoms with Crippen LogP contribution in [0.1, 0.15) is 23.9 Å². The zero-order chi connectivity index (χ0) is 21.3. The highest BCUT2D eigenvalue weighted by Gasteiger charge is 2.28. The summed E-state index contributed by atoms with van der Waals surface area (Å²) in [5.74, 6) is -0.394. The van der Waals surface area contributed by atoms with Crippen molar-refractivity contribution in [2.24, 2.45) is 5.73 Å². The lowest BCUT2D eigenvalue weighted by Gasteiger charge is -2.33. The van der Waals surface area contributed by atoms with Crippen molar-refractivity contribution in [1.29, 1.82) is 0 Å². The molecule has 4 rings (SSSR count). The summed E-state index contributed by atoms with van der Waals surface area (Å²) in [5.41, 5.74) is 7.95. The Kier molecular flexibility index (Phi) is 6.12. The fraction of sp³-hybridized carbons (Fsp3) is 0.476. The van der Waals surface area contributed by atoms with Crippen molar-refractivity contribution in [3.8, 4) is 10.6 Å². The second-order valence-corrected chi connectivity index (χ2v) is 8.93. The van der Waals surface area contributed by atoms with Crippen molar-refractivity contribution in [2.75, 3.05) is 26.2 Å². The largest absolute Gasteiger partial charge is 0.367 e. The Morgan fingerprint density at radius 1 is 1.40 bits per heavy atom. The molecule has 160 valence electrons. The molecule has 2 atom stereocenters. The molecule has 0 bridgehead atoms. The first-order chi connectivity index (χ1) is 14.4. The Hall–Kier alpha value is -2.36. The number of carbonyl (C=O) groups is 2. The molecule has 7 nitrogen and oxygen atoms in total. The van der Waals surface area contributed by atoms with E-state index in [0.29, 0.717) is 26.2 Å². The molecule has 1 fully saturated rings. The Bertz CT molecular complexity index is 933. The summed E-state index contributed by atoms with van der Waals surface area (Å²) in [6, 6.07) is 5.86. The second-order valence-electron chi connectivity index (χ2n) is 7.85. The summed E-state index contributed by atoms with van der Waals surface area (Å²) < 4.78 is 18.5. The zero-order valence-electron chi connectivity index (χ0n) is 16.8. The number of morpholine rings is 1. The van der Waals surface area contributed by atoms with Gasteiger partial charge in [-0.05, 0) is 31.2 Å². The van der Waals surface area contributed by atoms with Gasteiger partial charge in [0.25, 0.3) is 0 Å². The summed E-state index contributed by atoms with van der Waals surface area (Å²) in [6.07, 6.45) is 0.906. The van der Waals surface area contributed by atoms with Crippen LogP contribution in [0.3, 0.4) is 0 Å². The lowest BCUT2D eigenvalue weighted by atomic mass is 10.1. The predicted molar refractivity (Wildman–Crippen MR) is 111 cm³/mol. The van der Waals surface area contributed by atoms with E-state index in [0.717, 1.165) is 27.6 Å². The predicted octanol–water partition coefficient (Wildman–Crippen LogP) is 1.80. The SMILES string of the molecule is C[C@H]1CN(C[C@@H](N)CC(=O)N2CCc3sc(-c4ccc(F)cc4)nc3C2)C(=O)CO1. The van der Waals surface area contributed by atoms with Crippen molar-refractivity contribution in [3.05, 3.63) is 40.7 Å². The van der Waals surface area contributed by atoms with E-state index < -0.39 is 6.04 Å². The Labute approximate surface area is 178 Å². The van der Waals surface area contributed by atoms with Gasteiger partial charge in [0, 0.05) is 49.0 Å². The van der Waals surface area contributed by atoms with Crippen LogP contribution < -0.4 is 5.73 Å². The molecule has 0 radical (unpaired) electrons. The Balaban J connectivity index is 1.35. The second kappa shape index (κ2) is 8.79. The van der Waals surface area contributed by atoms with E-state index in [4.69, 9.17) is 10.5 Å². The summed E-state index contributed by atoms with van der Waals surface area (Å²) in [4.78, 5) is 34.0. The molecule has 3 heterocycles. The molecule has 0 unspecified atom stereocenters. The number of nitrogens with two attached hydrogens (primary N) is 1. The monoisotopic (exact) mass is 432 g/mol. The number of aromatic nitrogens is 1. The van der Waals surface area contributed by atoms with Crippen molar-refractivity contribution < 1.29 is 18.7 Å². The Morgan fingerprint density at radius 2 is 2.17 bits per heavy atom. The fourth-order valence-electron chi connectivity index (χ4n) is 3.77. The van der Waals surface area contributed by atoms with Crippen LogP contribution in [0.4, 0.5) is 4.39 Å². The van der Waals surface area contributed by atoms with Crippen molar-refractivity contribution >= 4 is 23.2 Å².